The SMILES string of the molecule is Cc1ccc(C(=O)OCC(=O)c2cc(C)n(C[C@@H]3CCCO3)c2C)s1. The maximum atomic E-state index is 12.5. The first-order valence-electron chi connectivity index (χ1n) is 8.51. The van der Waals surface area contributed by atoms with Gasteiger partial charge in [0.25, 0.3) is 0 Å². The summed E-state index contributed by atoms with van der Waals surface area (Å²) in [4.78, 5) is 26.0. The maximum Gasteiger partial charge on any atom is 0.348 e. The summed E-state index contributed by atoms with van der Waals surface area (Å²) >= 11 is 1.37. The molecule has 0 aliphatic carbocycles. The third-order valence-electron chi connectivity index (χ3n) is 4.56. The second kappa shape index (κ2) is 7.54. The fourth-order valence-corrected chi connectivity index (χ4v) is 3.94. The smallest absolute Gasteiger partial charge is 0.348 e. The molecule has 0 bridgehead atoms. The number of aromatic nitrogens is 1. The molecule has 2 aromatic rings. The standard InChI is InChI=1S/C19H23NO4S/c1-12-9-16(14(3)20(12)10-15-5-4-8-23-15)17(21)11-24-19(22)18-7-6-13(2)25-18/h6-7,9,15H,4-5,8,10-11H2,1-3H3/t15-/m0/s1. The largest absolute Gasteiger partial charge is 0.453 e. The molecule has 1 fully saturated rings. The zero-order valence-corrected chi connectivity index (χ0v) is 15.6. The number of ether oxygens (including phenoxy) is 2. The molecule has 1 saturated heterocycles. The molecule has 0 amide bonds. The summed E-state index contributed by atoms with van der Waals surface area (Å²) in [7, 11) is 0. The van der Waals surface area contributed by atoms with Crippen molar-refractivity contribution in [2.24, 2.45) is 0 Å². The maximum absolute atomic E-state index is 12.5. The second-order valence-corrected chi connectivity index (χ2v) is 7.73. The van der Waals surface area contributed by atoms with Gasteiger partial charge >= 0.3 is 5.97 Å². The van der Waals surface area contributed by atoms with Gasteiger partial charge < -0.3 is 14.0 Å². The number of carbonyl (C=O) groups is 2. The van der Waals surface area contributed by atoms with Crippen LogP contribution in [-0.2, 0) is 16.0 Å². The lowest BCUT2D eigenvalue weighted by Crippen LogP contribution is -2.18. The van der Waals surface area contributed by atoms with Crippen molar-refractivity contribution in [2.45, 2.75) is 46.3 Å². The van der Waals surface area contributed by atoms with E-state index in [-0.39, 0.29) is 18.5 Å². The summed E-state index contributed by atoms with van der Waals surface area (Å²) < 4.78 is 13.0. The molecule has 1 aliphatic rings. The first-order chi connectivity index (χ1) is 12.0. The number of nitrogens with zero attached hydrogens (tertiary/aromatic N) is 1. The molecule has 0 N–H and O–H groups in total. The summed E-state index contributed by atoms with van der Waals surface area (Å²) in [6.45, 7) is 7.18. The van der Waals surface area contributed by atoms with Gasteiger partial charge in [-0.1, -0.05) is 0 Å². The van der Waals surface area contributed by atoms with Gasteiger partial charge in [-0.05, 0) is 51.8 Å². The van der Waals surface area contributed by atoms with Gasteiger partial charge in [0, 0.05) is 35.0 Å². The number of esters is 1. The molecule has 1 atom stereocenters. The van der Waals surface area contributed by atoms with E-state index in [0.29, 0.717) is 10.4 Å². The first kappa shape index (κ1) is 17.9. The van der Waals surface area contributed by atoms with Crippen LogP contribution in [0.4, 0.5) is 0 Å². The molecule has 0 radical (unpaired) electrons. The van der Waals surface area contributed by atoms with Crippen molar-refractivity contribution in [1.29, 1.82) is 0 Å². The molecular formula is C19H23NO4S. The zero-order chi connectivity index (χ0) is 18.0. The van der Waals surface area contributed by atoms with E-state index in [1.165, 1.54) is 11.3 Å². The summed E-state index contributed by atoms with van der Waals surface area (Å²) in [5, 5.41) is 0. The van der Waals surface area contributed by atoms with E-state index in [2.05, 4.69) is 4.57 Å². The zero-order valence-electron chi connectivity index (χ0n) is 14.8. The van der Waals surface area contributed by atoms with E-state index < -0.39 is 5.97 Å². The van der Waals surface area contributed by atoms with Crippen LogP contribution >= 0.6 is 11.3 Å². The molecule has 3 heterocycles. The Morgan fingerprint density at radius 1 is 1.32 bits per heavy atom. The predicted octanol–water partition coefficient (Wildman–Crippen LogP) is 3.69. The molecule has 3 rings (SSSR count). The van der Waals surface area contributed by atoms with E-state index in [4.69, 9.17) is 9.47 Å². The second-order valence-electron chi connectivity index (χ2n) is 6.44. The van der Waals surface area contributed by atoms with Crippen LogP contribution in [0.2, 0.25) is 0 Å². The lowest BCUT2D eigenvalue weighted by Gasteiger charge is -2.14. The van der Waals surface area contributed by atoms with Crippen LogP contribution in [0, 0.1) is 20.8 Å². The van der Waals surface area contributed by atoms with Crippen molar-refractivity contribution in [2.75, 3.05) is 13.2 Å². The Morgan fingerprint density at radius 3 is 2.76 bits per heavy atom. The minimum Gasteiger partial charge on any atom is -0.453 e. The average molecular weight is 361 g/mol. The molecule has 0 aromatic carbocycles. The van der Waals surface area contributed by atoms with Crippen molar-refractivity contribution < 1.29 is 19.1 Å². The van der Waals surface area contributed by atoms with Gasteiger partial charge in [0.1, 0.15) is 4.88 Å². The molecule has 5 nitrogen and oxygen atoms in total. The monoisotopic (exact) mass is 361 g/mol. The summed E-state index contributed by atoms with van der Waals surface area (Å²) in [6.07, 6.45) is 2.36. The van der Waals surface area contributed by atoms with Gasteiger partial charge in [-0.25, -0.2) is 4.79 Å². The molecule has 6 heteroatoms. The highest BCUT2D eigenvalue weighted by Crippen LogP contribution is 2.21. The highest BCUT2D eigenvalue weighted by atomic mass is 32.1. The van der Waals surface area contributed by atoms with Crippen LogP contribution < -0.4 is 0 Å². The number of Topliss-reactive ketones (excluding diaryl/α,β-unsaturated/α-hetero) is 1. The van der Waals surface area contributed by atoms with Crippen molar-refractivity contribution in [3.63, 3.8) is 0 Å². The lowest BCUT2D eigenvalue weighted by molar-refractivity contribution is 0.0479. The highest BCUT2D eigenvalue weighted by Gasteiger charge is 2.22. The quantitative estimate of drug-likeness (QED) is 0.582. The Kier molecular flexibility index (Phi) is 5.39. The fourth-order valence-electron chi connectivity index (χ4n) is 3.18. The third kappa shape index (κ3) is 4.02. The molecule has 1 aliphatic heterocycles. The Bertz CT molecular complexity index is 783. The Morgan fingerprint density at radius 2 is 2.12 bits per heavy atom. The first-order valence-corrected chi connectivity index (χ1v) is 9.32. The Hall–Kier alpha value is -1.92. The molecule has 0 unspecified atom stereocenters. The number of hydrogen-bond donors (Lipinski definition) is 0. The third-order valence-corrected chi connectivity index (χ3v) is 5.54. The predicted molar refractivity (Wildman–Crippen MR) is 96.5 cm³/mol. The van der Waals surface area contributed by atoms with Crippen molar-refractivity contribution >= 4 is 23.1 Å². The summed E-state index contributed by atoms with van der Waals surface area (Å²) in [5.41, 5.74) is 2.54. The van der Waals surface area contributed by atoms with Gasteiger partial charge in [-0.15, -0.1) is 11.3 Å². The molecular weight excluding hydrogens is 338 g/mol. The van der Waals surface area contributed by atoms with Crippen LogP contribution in [0.1, 0.15) is 49.1 Å². The van der Waals surface area contributed by atoms with Gasteiger partial charge in [-0.3, -0.25) is 4.79 Å². The van der Waals surface area contributed by atoms with Gasteiger partial charge in [-0.2, -0.15) is 0 Å². The molecule has 0 saturated carbocycles. The normalized spacial score (nSPS) is 17.0. The summed E-state index contributed by atoms with van der Waals surface area (Å²) in [6, 6.07) is 5.46. The average Bonchev–Trinajstić information content (AvgIpc) is 3.30. The minimum absolute atomic E-state index is 0.173. The number of rotatable bonds is 6. The number of carbonyl (C=O) groups excluding carboxylic acids is 2. The number of aryl methyl sites for hydroxylation is 2. The fraction of sp³-hybridized carbons (Fsp3) is 0.474. The van der Waals surface area contributed by atoms with Crippen molar-refractivity contribution in [1.82, 2.24) is 4.57 Å². The van der Waals surface area contributed by atoms with Crippen LogP contribution in [0.5, 0.6) is 0 Å². The topological polar surface area (TPSA) is 57.5 Å². The van der Waals surface area contributed by atoms with Crippen LogP contribution in [0.25, 0.3) is 0 Å². The molecule has 25 heavy (non-hydrogen) atoms. The molecule has 2 aromatic heterocycles. The number of thiophene rings is 1. The van der Waals surface area contributed by atoms with Crippen molar-refractivity contribution in [3.05, 3.63) is 44.9 Å². The molecule has 0 spiro atoms. The van der Waals surface area contributed by atoms with Gasteiger partial charge in [0.15, 0.2) is 6.61 Å². The van der Waals surface area contributed by atoms with Crippen LogP contribution in [-0.4, -0.2) is 35.6 Å². The van der Waals surface area contributed by atoms with E-state index in [0.717, 1.165) is 42.3 Å². The minimum atomic E-state index is -0.445. The van der Waals surface area contributed by atoms with Gasteiger partial charge in [0.2, 0.25) is 5.78 Å². The van der Waals surface area contributed by atoms with Crippen molar-refractivity contribution in [3.8, 4) is 0 Å². The van der Waals surface area contributed by atoms with E-state index in [1.54, 1.807) is 6.07 Å². The van der Waals surface area contributed by atoms with Crippen LogP contribution in [0.15, 0.2) is 18.2 Å². The number of ketones is 1. The van der Waals surface area contributed by atoms with E-state index >= 15 is 0 Å². The van der Waals surface area contributed by atoms with E-state index in [9.17, 15) is 9.59 Å². The highest BCUT2D eigenvalue weighted by molar-refractivity contribution is 7.13. The number of hydrogen-bond acceptors (Lipinski definition) is 5. The molecule has 134 valence electrons. The Labute approximate surface area is 151 Å². The summed E-state index contributed by atoms with van der Waals surface area (Å²) in [5.74, 6) is -0.618. The Balaban J connectivity index is 1.64. The van der Waals surface area contributed by atoms with E-state index in [1.807, 2.05) is 32.9 Å². The van der Waals surface area contributed by atoms with Gasteiger partial charge in [0.05, 0.1) is 6.10 Å². The lowest BCUT2D eigenvalue weighted by atomic mass is 10.1. The van der Waals surface area contributed by atoms with Crippen LogP contribution in [0.3, 0.4) is 0 Å².